The normalized spacial score (nSPS) is 13.7. The van der Waals surface area contributed by atoms with Crippen molar-refractivity contribution < 1.29 is 24.2 Å². The largest absolute Gasteiger partial charge is 0.508 e. The molecule has 2 N–H and O–H groups in total. The van der Waals surface area contributed by atoms with Gasteiger partial charge in [0.05, 0.1) is 33.8 Å². The van der Waals surface area contributed by atoms with Crippen molar-refractivity contribution in [2.75, 3.05) is 27.7 Å². The van der Waals surface area contributed by atoms with Crippen LogP contribution >= 0.6 is 0 Å². The fourth-order valence-corrected chi connectivity index (χ4v) is 3.48. The molecule has 0 heterocycles. The Labute approximate surface area is 185 Å². The number of allylic oxidation sites excluding steroid dienone is 2. The van der Waals surface area contributed by atoms with E-state index >= 15 is 0 Å². The highest BCUT2D eigenvalue weighted by molar-refractivity contribution is 5.67. The molecule has 0 aliphatic heterocycles. The van der Waals surface area contributed by atoms with Crippen LogP contribution in [-0.2, 0) is 9.53 Å². The molecule has 0 saturated heterocycles. The summed E-state index contributed by atoms with van der Waals surface area (Å²) in [6, 6.07) is 0. The maximum atomic E-state index is 11.0. The van der Waals surface area contributed by atoms with Crippen molar-refractivity contribution in [1.29, 1.82) is 0 Å². The van der Waals surface area contributed by atoms with Crippen LogP contribution in [0.25, 0.3) is 0 Å². The Kier molecular flexibility index (Phi) is 17.4. The lowest BCUT2D eigenvalue weighted by molar-refractivity contribution is -0.873. The number of aliphatic hydroxyl groups is 1. The summed E-state index contributed by atoms with van der Waals surface area (Å²) in [5.41, 5.74) is 0. The van der Waals surface area contributed by atoms with E-state index in [1.807, 2.05) is 27.2 Å². The molecule has 0 fully saturated rings. The first kappa shape index (κ1) is 28.5. The number of likely N-dealkylation sites (N-methyl/N-ethyl adjacent to an activating group) is 1. The van der Waals surface area contributed by atoms with Crippen molar-refractivity contribution >= 4 is 5.97 Å². The Morgan fingerprint density at radius 2 is 1.37 bits per heavy atom. The Bertz CT molecular complexity index is 480. The Hall–Kier alpha value is -1.49. The first-order valence-corrected chi connectivity index (χ1v) is 12.0. The van der Waals surface area contributed by atoms with Crippen LogP contribution in [-0.4, -0.2) is 54.5 Å². The first-order valence-electron chi connectivity index (χ1n) is 12.0. The standard InChI is InChI=1S/C25H47NO4/c1-5-6-7-8-9-10-11-12-13-14-15-16-17-18-23(27)19-20-30-24(21-25(28)29)22-26(2,3)4/h18-20,24H,5-17,21-22H2,1-4H3,(H-,27,28,29)/p+1. The van der Waals surface area contributed by atoms with Crippen molar-refractivity contribution in [2.24, 2.45) is 0 Å². The molecule has 30 heavy (non-hydrogen) atoms. The van der Waals surface area contributed by atoms with E-state index < -0.39 is 12.1 Å². The van der Waals surface area contributed by atoms with Gasteiger partial charge >= 0.3 is 5.97 Å². The van der Waals surface area contributed by atoms with Gasteiger partial charge in [0.2, 0.25) is 0 Å². The van der Waals surface area contributed by atoms with Gasteiger partial charge in [-0.3, -0.25) is 4.79 Å². The summed E-state index contributed by atoms with van der Waals surface area (Å²) in [4.78, 5) is 11.0. The van der Waals surface area contributed by atoms with Crippen LogP contribution in [0.2, 0.25) is 0 Å². The second-order valence-electron chi connectivity index (χ2n) is 9.44. The lowest BCUT2D eigenvalue weighted by atomic mass is 10.0. The van der Waals surface area contributed by atoms with Gasteiger partial charge in [-0.25, -0.2) is 0 Å². The number of hydrogen-bond acceptors (Lipinski definition) is 3. The number of hydrogen-bond donors (Lipinski definition) is 2. The first-order chi connectivity index (χ1) is 14.2. The lowest BCUT2D eigenvalue weighted by Gasteiger charge is -2.28. The summed E-state index contributed by atoms with van der Waals surface area (Å²) < 4.78 is 6.16. The van der Waals surface area contributed by atoms with E-state index in [0.717, 1.165) is 12.8 Å². The van der Waals surface area contributed by atoms with Gasteiger partial charge in [0.1, 0.15) is 12.3 Å². The smallest absolute Gasteiger partial charge is 0.307 e. The maximum Gasteiger partial charge on any atom is 0.307 e. The number of ether oxygens (including phenoxy) is 1. The monoisotopic (exact) mass is 426 g/mol. The molecule has 0 rings (SSSR count). The van der Waals surface area contributed by atoms with E-state index in [9.17, 15) is 9.90 Å². The third kappa shape index (κ3) is 21.2. The summed E-state index contributed by atoms with van der Waals surface area (Å²) in [7, 11) is 5.98. The third-order valence-electron chi connectivity index (χ3n) is 5.07. The van der Waals surface area contributed by atoms with Gasteiger partial charge in [-0.05, 0) is 18.9 Å². The predicted molar refractivity (Wildman–Crippen MR) is 126 cm³/mol. The highest BCUT2D eigenvalue weighted by atomic mass is 16.5. The molecule has 0 spiro atoms. The summed E-state index contributed by atoms with van der Waals surface area (Å²) in [6.07, 6.45) is 21.0. The summed E-state index contributed by atoms with van der Waals surface area (Å²) in [5, 5.41) is 18.9. The maximum absolute atomic E-state index is 11.0. The summed E-state index contributed by atoms with van der Waals surface area (Å²) in [6.45, 7) is 2.84. The van der Waals surface area contributed by atoms with E-state index in [1.165, 1.54) is 83.0 Å². The number of carboxylic acids is 1. The average molecular weight is 427 g/mol. The third-order valence-corrected chi connectivity index (χ3v) is 5.07. The van der Waals surface area contributed by atoms with Crippen LogP contribution in [0.5, 0.6) is 0 Å². The van der Waals surface area contributed by atoms with E-state index in [2.05, 4.69) is 6.92 Å². The minimum absolute atomic E-state index is 0.0524. The zero-order valence-electron chi connectivity index (χ0n) is 20.1. The molecular formula is C25H48NO4+. The SMILES string of the molecule is CCCCCCCCCCCCCCC=C(O)C=COC(CC(=O)O)C[N+](C)(C)C. The van der Waals surface area contributed by atoms with Gasteiger partial charge in [0, 0.05) is 6.08 Å². The summed E-state index contributed by atoms with van der Waals surface area (Å²) >= 11 is 0. The average Bonchev–Trinajstić information content (AvgIpc) is 2.63. The quantitative estimate of drug-likeness (QED) is 0.0996. The number of nitrogens with zero attached hydrogens (tertiary/aromatic N) is 1. The second kappa shape index (κ2) is 18.3. The van der Waals surface area contributed by atoms with Crippen LogP contribution in [0.3, 0.4) is 0 Å². The minimum atomic E-state index is -0.881. The van der Waals surface area contributed by atoms with Crippen LogP contribution < -0.4 is 0 Å². The molecule has 0 aliphatic rings. The molecule has 0 radical (unpaired) electrons. The van der Waals surface area contributed by atoms with E-state index in [0.29, 0.717) is 11.0 Å². The Morgan fingerprint density at radius 3 is 1.83 bits per heavy atom. The predicted octanol–water partition coefficient (Wildman–Crippen LogP) is 6.60. The number of rotatable bonds is 20. The molecule has 0 amide bonds. The van der Waals surface area contributed by atoms with Crippen LogP contribution in [0.1, 0.15) is 96.8 Å². The van der Waals surface area contributed by atoms with Crippen molar-refractivity contribution in [1.82, 2.24) is 0 Å². The molecule has 0 aliphatic carbocycles. The Balaban J connectivity index is 3.80. The molecule has 0 saturated carbocycles. The molecule has 0 aromatic heterocycles. The Morgan fingerprint density at radius 1 is 0.867 bits per heavy atom. The van der Waals surface area contributed by atoms with E-state index in [4.69, 9.17) is 9.84 Å². The molecule has 0 aromatic carbocycles. The highest BCUT2D eigenvalue weighted by Crippen LogP contribution is 2.13. The molecule has 176 valence electrons. The van der Waals surface area contributed by atoms with Gasteiger partial charge < -0.3 is 19.4 Å². The fraction of sp³-hybridized carbons (Fsp3) is 0.800. The number of quaternary nitrogens is 1. The van der Waals surface area contributed by atoms with Crippen LogP contribution in [0.4, 0.5) is 0 Å². The van der Waals surface area contributed by atoms with Crippen molar-refractivity contribution in [2.45, 2.75) is 103 Å². The number of aliphatic hydroxyl groups excluding tert-OH is 1. The molecule has 1 atom stereocenters. The van der Waals surface area contributed by atoms with Gasteiger partial charge in [-0.2, -0.15) is 0 Å². The van der Waals surface area contributed by atoms with E-state index in [1.54, 1.807) is 0 Å². The number of aliphatic carboxylic acids is 1. The fourth-order valence-electron chi connectivity index (χ4n) is 3.48. The number of carboxylic acid groups (broad SMARTS) is 1. The molecule has 5 heteroatoms. The van der Waals surface area contributed by atoms with Crippen molar-refractivity contribution in [3.63, 3.8) is 0 Å². The topological polar surface area (TPSA) is 66.8 Å². The second-order valence-corrected chi connectivity index (χ2v) is 9.44. The van der Waals surface area contributed by atoms with Gasteiger partial charge in [-0.1, -0.05) is 77.6 Å². The lowest BCUT2D eigenvalue weighted by Crippen LogP contribution is -2.42. The zero-order chi connectivity index (χ0) is 22.7. The van der Waals surface area contributed by atoms with Crippen LogP contribution in [0, 0.1) is 0 Å². The number of unbranched alkanes of at least 4 members (excludes halogenated alkanes) is 12. The molecule has 0 bridgehead atoms. The number of carbonyl (C=O) groups is 1. The van der Waals surface area contributed by atoms with Gasteiger partial charge in [-0.15, -0.1) is 0 Å². The molecule has 0 aromatic rings. The van der Waals surface area contributed by atoms with E-state index in [-0.39, 0.29) is 12.2 Å². The summed E-state index contributed by atoms with van der Waals surface area (Å²) in [5.74, 6) is -0.703. The van der Waals surface area contributed by atoms with Crippen LogP contribution in [0.15, 0.2) is 24.2 Å². The minimum Gasteiger partial charge on any atom is -0.508 e. The molecule has 5 nitrogen and oxygen atoms in total. The highest BCUT2D eigenvalue weighted by Gasteiger charge is 2.21. The van der Waals surface area contributed by atoms with Crippen molar-refractivity contribution in [3.8, 4) is 0 Å². The molecular weight excluding hydrogens is 378 g/mol. The molecule has 1 unspecified atom stereocenters. The van der Waals surface area contributed by atoms with Crippen molar-refractivity contribution in [3.05, 3.63) is 24.2 Å². The zero-order valence-corrected chi connectivity index (χ0v) is 20.1. The van der Waals surface area contributed by atoms with Gasteiger partial charge in [0.15, 0.2) is 6.10 Å². The van der Waals surface area contributed by atoms with Gasteiger partial charge in [0.25, 0.3) is 0 Å².